The number of benzene rings is 8. The number of nitrogens with zero attached hydrogens (tertiary/aromatic N) is 2. The molecule has 0 bridgehead atoms. The summed E-state index contributed by atoms with van der Waals surface area (Å²) in [6, 6.07) is 54.1. The minimum absolute atomic E-state index is 0.0140. The molecule has 0 atom stereocenters. The van der Waals surface area contributed by atoms with Crippen molar-refractivity contribution >= 4 is 97.1 Å². The van der Waals surface area contributed by atoms with Crippen LogP contribution < -0.4 is 0 Å². The van der Waals surface area contributed by atoms with E-state index in [1.165, 1.54) is 86.4 Å². The Morgan fingerprint density at radius 3 is 1.67 bits per heavy atom. The predicted octanol–water partition coefficient (Wildman–Crippen LogP) is 14.4. The lowest BCUT2D eigenvalue weighted by Crippen LogP contribution is -2.10. The zero-order chi connectivity index (χ0) is 35.9. The molecule has 10 aromatic carbocycles. The molecule has 0 aliphatic heterocycles. The first kappa shape index (κ1) is 29.9. The van der Waals surface area contributed by atoms with Crippen molar-refractivity contribution in [3.05, 3.63) is 157 Å². The number of aromatic nitrogens is 2. The molecule has 2 heteroatoms. The Hall–Kier alpha value is -6.64. The van der Waals surface area contributed by atoms with Crippen molar-refractivity contribution in [2.24, 2.45) is 0 Å². The SMILES string of the molecule is CC(C)(C)c1cc2c3ccc(-c4cc5ccccc5cn4)cc3c3cc4c(cc5c6cc(-c7ccc8ccccc8n7)ccc6c6cccc4c65)c(c1)c23. The van der Waals surface area contributed by atoms with Crippen molar-refractivity contribution in [3.8, 4) is 22.5 Å². The standard InChI is InChI=1S/C52H34N2/c1-52(2,3)34-24-43-36-19-16-32(49-23-30-10-4-5-11-33(30)28-53-49)22-40(36)46-26-41-38-13-8-12-37-35-18-15-31(48-20-17-29-9-6-7-14-47(29)54-48)21-39(35)45(50(37)38)27-42(41)44(25-34)51(43)46/h4-28H,1-3H3. The molecule has 0 N–H and O–H groups in total. The Morgan fingerprint density at radius 2 is 0.926 bits per heavy atom. The van der Waals surface area contributed by atoms with Gasteiger partial charge in [-0.25, -0.2) is 4.98 Å². The molecule has 252 valence electrons. The van der Waals surface area contributed by atoms with E-state index in [2.05, 4.69) is 166 Å². The summed E-state index contributed by atoms with van der Waals surface area (Å²) in [6.45, 7) is 6.99. The third-order valence-corrected chi connectivity index (χ3v) is 12.1. The van der Waals surface area contributed by atoms with Gasteiger partial charge in [0.15, 0.2) is 0 Å². The van der Waals surface area contributed by atoms with Crippen LogP contribution in [-0.2, 0) is 5.41 Å². The highest BCUT2D eigenvalue weighted by Gasteiger charge is 2.23. The molecule has 12 rings (SSSR count). The van der Waals surface area contributed by atoms with Crippen molar-refractivity contribution in [2.75, 3.05) is 0 Å². The second kappa shape index (κ2) is 10.5. The molecule has 12 aromatic rings. The third-order valence-electron chi connectivity index (χ3n) is 12.1. The maximum Gasteiger partial charge on any atom is 0.0709 e. The van der Waals surface area contributed by atoms with E-state index in [1.807, 2.05) is 6.20 Å². The molecule has 0 amide bonds. The van der Waals surface area contributed by atoms with Crippen LogP contribution in [0.1, 0.15) is 26.3 Å². The Balaban J connectivity index is 1.17. The first-order valence-corrected chi connectivity index (χ1v) is 18.9. The summed E-state index contributed by atoms with van der Waals surface area (Å²) in [6.07, 6.45) is 2.00. The Morgan fingerprint density at radius 1 is 0.370 bits per heavy atom. The van der Waals surface area contributed by atoms with Crippen molar-refractivity contribution in [2.45, 2.75) is 26.2 Å². The Labute approximate surface area is 312 Å². The van der Waals surface area contributed by atoms with Crippen LogP contribution in [0.3, 0.4) is 0 Å². The number of pyridine rings is 2. The van der Waals surface area contributed by atoms with Gasteiger partial charge in [-0.1, -0.05) is 112 Å². The quantitative estimate of drug-likeness (QED) is 0.169. The van der Waals surface area contributed by atoms with Gasteiger partial charge in [-0.2, -0.15) is 0 Å². The van der Waals surface area contributed by atoms with Crippen LogP contribution in [0, 0.1) is 0 Å². The summed E-state index contributed by atoms with van der Waals surface area (Å²) in [4.78, 5) is 9.99. The number of rotatable bonds is 2. The summed E-state index contributed by atoms with van der Waals surface area (Å²) in [5.41, 5.74) is 6.65. The summed E-state index contributed by atoms with van der Waals surface area (Å²) in [5.74, 6) is 0. The van der Waals surface area contributed by atoms with E-state index < -0.39 is 0 Å². The molecule has 0 fully saturated rings. The average molecular weight is 687 g/mol. The lowest BCUT2D eigenvalue weighted by Gasteiger charge is -2.21. The second-order valence-electron chi connectivity index (χ2n) is 16.2. The maximum atomic E-state index is 5.07. The van der Waals surface area contributed by atoms with Crippen LogP contribution in [-0.4, -0.2) is 9.97 Å². The number of fused-ring (bicyclic) bond motifs is 11. The number of para-hydroxylation sites is 1. The van der Waals surface area contributed by atoms with Crippen molar-refractivity contribution in [1.29, 1.82) is 0 Å². The Bertz CT molecular complexity index is 3530. The average Bonchev–Trinajstić information content (AvgIpc) is 3.70. The molecule has 0 radical (unpaired) electrons. The lowest BCUT2D eigenvalue weighted by atomic mass is 9.83. The van der Waals surface area contributed by atoms with E-state index in [0.717, 1.165) is 38.8 Å². The maximum absolute atomic E-state index is 5.07. The summed E-state index contributed by atoms with van der Waals surface area (Å²) in [7, 11) is 0. The summed E-state index contributed by atoms with van der Waals surface area (Å²) in [5, 5.41) is 21.9. The molecule has 0 spiro atoms. The van der Waals surface area contributed by atoms with E-state index in [-0.39, 0.29) is 5.41 Å². The molecule has 2 aromatic heterocycles. The van der Waals surface area contributed by atoms with Crippen LogP contribution in [0.5, 0.6) is 0 Å². The van der Waals surface area contributed by atoms with E-state index >= 15 is 0 Å². The first-order valence-electron chi connectivity index (χ1n) is 18.9. The summed E-state index contributed by atoms with van der Waals surface area (Å²) >= 11 is 0. The molecular weight excluding hydrogens is 653 g/mol. The van der Waals surface area contributed by atoms with Gasteiger partial charge < -0.3 is 0 Å². The first-order chi connectivity index (χ1) is 26.4. The molecule has 0 unspecified atom stereocenters. The molecule has 0 aliphatic carbocycles. The van der Waals surface area contributed by atoms with Gasteiger partial charge in [0, 0.05) is 28.1 Å². The van der Waals surface area contributed by atoms with E-state index in [0.29, 0.717) is 0 Å². The topological polar surface area (TPSA) is 25.8 Å². The van der Waals surface area contributed by atoms with Crippen LogP contribution in [0.15, 0.2) is 152 Å². The fraction of sp³-hybridized carbons (Fsp3) is 0.0769. The van der Waals surface area contributed by atoms with Gasteiger partial charge in [0.25, 0.3) is 0 Å². The zero-order valence-electron chi connectivity index (χ0n) is 30.3. The van der Waals surface area contributed by atoms with Gasteiger partial charge >= 0.3 is 0 Å². The zero-order valence-corrected chi connectivity index (χ0v) is 30.3. The van der Waals surface area contributed by atoms with Gasteiger partial charge in [0.1, 0.15) is 0 Å². The van der Waals surface area contributed by atoms with Gasteiger partial charge in [0.05, 0.1) is 16.9 Å². The smallest absolute Gasteiger partial charge is 0.0709 e. The minimum Gasteiger partial charge on any atom is -0.256 e. The monoisotopic (exact) mass is 686 g/mol. The largest absolute Gasteiger partial charge is 0.256 e. The highest BCUT2D eigenvalue weighted by molar-refractivity contribution is 6.41. The summed E-state index contributed by atoms with van der Waals surface area (Å²) < 4.78 is 0. The Kier molecular flexibility index (Phi) is 5.81. The molecular formula is C52H34N2. The highest BCUT2D eigenvalue weighted by Crippen LogP contribution is 2.49. The molecule has 2 heterocycles. The van der Waals surface area contributed by atoms with Gasteiger partial charge in [-0.05, 0) is 146 Å². The van der Waals surface area contributed by atoms with E-state index in [9.17, 15) is 0 Å². The molecule has 0 aliphatic rings. The fourth-order valence-corrected chi connectivity index (χ4v) is 9.33. The van der Waals surface area contributed by atoms with Crippen LogP contribution in [0.4, 0.5) is 0 Å². The van der Waals surface area contributed by atoms with Gasteiger partial charge in [-0.3, -0.25) is 4.98 Å². The molecule has 0 saturated heterocycles. The molecule has 54 heavy (non-hydrogen) atoms. The molecule has 2 nitrogen and oxygen atoms in total. The van der Waals surface area contributed by atoms with Crippen LogP contribution in [0.2, 0.25) is 0 Å². The van der Waals surface area contributed by atoms with Crippen molar-refractivity contribution < 1.29 is 0 Å². The third kappa shape index (κ3) is 4.11. The predicted molar refractivity (Wildman–Crippen MR) is 232 cm³/mol. The van der Waals surface area contributed by atoms with Crippen LogP contribution in [0.25, 0.3) is 120 Å². The van der Waals surface area contributed by atoms with Crippen LogP contribution >= 0.6 is 0 Å². The minimum atomic E-state index is -0.0140. The highest BCUT2D eigenvalue weighted by atomic mass is 14.7. The van der Waals surface area contributed by atoms with E-state index in [1.54, 1.807) is 0 Å². The number of hydrogen-bond donors (Lipinski definition) is 0. The van der Waals surface area contributed by atoms with Gasteiger partial charge in [-0.15, -0.1) is 0 Å². The number of hydrogen-bond acceptors (Lipinski definition) is 2. The molecule has 0 saturated carbocycles. The lowest BCUT2D eigenvalue weighted by molar-refractivity contribution is 0.592. The fourth-order valence-electron chi connectivity index (χ4n) is 9.33. The van der Waals surface area contributed by atoms with Crippen molar-refractivity contribution in [1.82, 2.24) is 9.97 Å². The van der Waals surface area contributed by atoms with E-state index in [4.69, 9.17) is 9.97 Å². The normalized spacial score (nSPS) is 12.7. The second-order valence-corrected chi connectivity index (χ2v) is 16.2. The van der Waals surface area contributed by atoms with Crippen molar-refractivity contribution in [3.63, 3.8) is 0 Å². The van der Waals surface area contributed by atoms with Gasteiger partial charge in [0.2, 0.25) is 0 Å².